The summed E-state index contributed by atoms with van der Waals surface area (Å²) in [6, 6.07) is 8.16. The van der Waals surface area contributed by atoms with Crippen LogP contribution in [-0.2, 0) is 4.79 Å². The van der Waals surface area contributed by atoms with E-state index in [-0.39, 0.29) is 11.8 Å². The first-order valence-electron chi connectivity index (χ1n) is 5.74. The molecule has 0 aliphatic heterocycles. The average Bonchev–Trinajstić information content (AvgIpc) is 2.65. The average molecular weight is 215 g/mol. The maximum absolute atomic E-state index is 11.7. The summed E-state index contributed by atoms with van der Waals surface area (Å²) < 4.78 is 2.08. The van der Waals surface area contributed by atoms with E-state index >= 15 is 0 Å². The van der Waals surface area contributed by atoms with Crippen LogP contribution in [0.1, 0.15) is 31.9 Å². The summed E-state index contributed by atoms with van der Waals surface area (Å²) >= 11 is 0. The minimum absolute atomic E-state index is 0.0661. The molecule has 2 rings (SSSR count). The van der Waals surface area contributed by atoms with Gasteiger partial charge in [-0.15, -0.1) is 0 Å². The molecule has 16 heavy (non-hydrogen) atoms. The van der Waals surface area contributed by atoms with Gasteiger partial charge in [0.2, 0.25) is 0 Å². The van der Waals surface area contributed by atoms with Crippen LogP contribution in [0.2, 0.25) is 0 Å². The van der Waals surface area contributed by atoms with Crippen LogP contribution >= 0.6 is 0 Å². The summed E-state index contributed by atoms with van der Waals surface area (Å²) in [4.78, 5) is 11.7. The molecule has 1 unspecified atom stereocenters. The summed E-state index contributed by atoms with van der Waals surface area (Å²) in [6.45, 7) is 5.97. The molecule has 1 aromatic carbocycles. The fraction of sp³-hybridized carbons (Fsp3) is 0.357. The molecular weight excluding hydrogens is 198 g/mol. The Bertz CT molecular complexity index is 525. The molecule has 1 atom stereocenters. The van der Waals surface area contributed by atoms with Gasteiger partial charge in [-0.3, -0.25) is 4.79 Å². The lowest BCUT2D eigenvalue weighted by atomic mass is 10.1. The molecule has 0 aliphatic rings. The topological polar surface area (TPSA) is 22.0 Å². The molecule has 2 heteroatoms. The Morgan fingerprint density at radius 3 is 2.75 bits per heavy atom. The third kappa shape index (κ3) is 1.64. The molecule has 2 nitrogen and oxygen atoms in total. The molecule has 0 aliphatic carbocycles. The zero-order valence-electron chi connectivity index (χ0n) is 10.0. The zero-order valence-corrected chi connectivity index (χ0v) is 10.0. The van der Waals surface area contributed by atoms with E-state index in [1.54, 1.807) is 0 Å². The number of hydrogen-bond donors (Lipinski definition) is 0. The van der Waals surface area contributed by atoms with Gasteiger partial charge in [0.05, 0.1) is 6.04 Å². The van der Waals surface area contributed by atoms with Gasteiger partial charge in [0, 0.05) is 23.5 Å². The first-order chi connectivity index (χ1) is 7.65. The predicted octanol–water partition coefficient (Wildman–Crippen LogP) is 3.49. The molecule has 84 valence electrons. The maximum Gasteiger partial charge on any atom is 0.155 e. The smallest absolute Gasteiger partial charge is 0.155 e. The molecular formula is C14H17NO. The van der Waals surface area contributed by atoms with Crippen LogP contribution in [0, 0.1) is 6.92 Å². The highest BCUT2D eigenvalue weighted by molar-refractivity contribution is 5.88. The van der Waals surface area contributed by atoms with Gasteiger partial charge in [0.15, 0.2) is 5.78 Å². The molecule has 0 amide bonds. The quantitative estimate of drug-likeness (QED) is 0.768. The third-order valence-corrected chi connectivity index (χ3v) is 3.17. The van der Waals surface area contributed by atoms with Crippen molar-refractivity contribution in [2.45, 2.75) is 33.2 Å². The van der Waals surface area contributed by atoms with Crippen LogP contribution in [0.3, 0.4) is 0 Å². The lowest BCUT2D eigenvalue weighted by Crippen LogP contribution is -2.14. The van der Waals surface area contributed by atoms with Crippen molar-refractivity contribution in [2.75, 3.05) is 0 Å². The Labute approximate surface area is 95.9 Å². The van der Waals surface area contributed by atoms with Gasteiger partial charge < -0.3 is 4.57 Å². The number of benzene rings is 1. The second-order valence-corrected chi connectivity index (χ2v) is 4.23. The lowest BCUT2D eigenvalue weighted by Gasteiger charge is -2.12. The number of aryl methyl sites for hydroxylation is 1. The summed E-state index contributed by atoms with van der Waals surface area (Å²) in [5.41, 5.74) is 2.38. The monoisotopic (exact) mass is 215 g/mol. The number of nitrogens with zero attached hydrogens (tertiary/aromatic N) is 1. The van der Waals surface area contributed by atoms with E-state index in [2.05, 4.69) is 29.8 Å². The minimum atomic E-state index is -0.0661. The molecule has 0 fully saturated rings. The number of para-hydroxylation sites is 1. The van der Waals surface area contributed by atoms with E-state index in [9.17, 15) is 4.79 Å². The number of ketones is 1. The van der Waals surface area contributed by atoms with Crippen molar-refractivity contribution in [3.63, 3.8) is 0 Å². The normalized spacial score (nSPS) is 12.9. The number of carbonyl (C=O) groups is 1. The lowest BCUT2D eigenvalue weighted by molar-refractivity contribution is -0.121. The van der Waals surface area contributed by atoms with Crippen LogP contribution in [0.25, 0.3) is 10.9 Å². The molecule has 1 heterocycles. The fourth-order valence-electron chi connectivity index (χ4n) is 2.15. The fourth-order valence-corrected chi connectivity index (χ4v) is 2.15. The van der Waals surface area contributed by atoms with Gasteiger partial charge in [-0.05, 0) is 25.5 Å². The van der Waals surface area contributed by atoms with Crippen LogP contribution in [0.15, 0.2) is 30.5 Å². The van der Waals surface area contributed by atoms with E-state index in [4.69, 9.17) is 0 Å². The first-order valence-corrected chi connectivity index (χ1v) is 5.74. The molecule has 0 saturated carbocycles. The zero-order chi connectivity index (χ0) is 11.7. The Balaban J connectivity index is 2.57. The second kappa shape index (κ2) is 4.12. The molecule has 0 bridgehead atoms. The molecule has 1 aromatic heterocycles. The number of aromatic nitrogens is 1. The van der Waals surface area contributed by atoms with Crippen molar-refractivity contribution in [3.8, 4) is 0 Å². The predicted molar refractivity (Wildman–Crippen MR) is 66.7 cm³/mol. The van der Waals surface area contributed by atoms with Crippen molar-refractivity contribution in [1.82, 2.24) is 4.57 Å². The molecule has 0 N–H and O–H groups in total. The summed E-state index contributed by atoms with van der Waals surface area (Å²) in [5.74, 6) is 0.278. The van der Waals surface area contributed by atoms with Crippen molar-refractivity contribution >= 4 is 16.7 Å². The van der Waals surface area contributed by atoms with Crippen molar-refractivity contribution < 1.29 is 4.79 Å². The Hall–Kier alpha value is -1.57. The third-order valence-electron chi connectivity index (χ3n) is 3.17. The van der Waals surface area contributed by atoms with Gasteiger partial charge in [-0.1, -0.05) is 25.1 Å². The number of fused-ring (bicyclic) bond motifs is 1. The van der Waals surface area contributed by atoms with E-state index in [1.807, 2.05) is 26.0 Å². The van der Waals surface area contributed by atoms with Gasteiger partial charge in [-0.2, -0.15) is 0 Å². The Morgan fingerprint density at radius 2 is 2.06 bits per heavy atom. The van der Waals surface area contributed by atoms with Crippen molar-refractivity contribution in [1.29, 1.82) is 0 Å². The van der Waals surface area contributed by atoms with Crippen LogP contribution in [0.5, 0.6) is 0 Å². The van der Waals surface area contributed by atoms with E-state index < -0.39 is 0 Å². The number of rotatable bonds is 3. The standard InChI is InChI=1S/C14H17NO/c1-4-14(16)11(3)15-9-10(2)12-7-5-6-8-13(12)15/h5-9,11H,4H2,1-3H3. The number of carbonyl (C=O) groups excluding carboxylic acids is 1. The molecule has 0 saturated heterocycles. The van der Waals surface area contributed by atoms with Gasteiger partial charge in [-0.25, -0.2) is 0 Å². The van der Waals surface area contributed by atoms with Crippen LogP contribution < -0.4 is 0 Å². The summed E-state index contributed by atoms with van der Waals surface area (Å²) in [7, 11) is 0. The second-order valence-electron chi connectivity index (χ2n) is 4.23. The van der Waals surface area contributed by atoms with Crippen LogP contribution in [-0.4, -0.2) is 10.4 Å². The molecule has 2 aromatic rings. The van der Waals surface area contributed by atoms with E-state index in [0.29, 0.717) is 6.42 Å². The van der Waals surface area contributed by atoms with E-state index in [1.165, 1.54) is 10.9 Å². The Kier molecular flexibility index (Phi) is 2.82. The molecule has 0 spiro atoms. The largest absolute Gasteiger partial charge is 0.337 e. The van der Waals surface area contributed by atoms with Crippen molar-refractivity contribution in [3.05, 3.63) is 36.0 Å². The van der Waals surface area contributed by atoms with Gasteiger partial charge in [0.25, 0.3) is 0 Å². The number of Topliss-reactive ketones (excluding diaryl/α,β-unsaturated/α-hetero) is 1. The van der Waals surface area contributed by atoms with E-state index in [0.717, 1.165) is 5.52 Å². The first kappa shape index (κ1) is 10.9. The van der Waals surface area contributed by atoms with Gasteiger partial charge >= 0.3 is 0 Å². The minimum Gasteiger partial charge on any atom is -0.337 e. The molecule has 0 radical (unpaired) electrons. The Morgan fingerprint density at radius 1 is 1.38 bits per heavy atom. The highest BCUT2D eigenvalue weighted by atomic mass is 16.1. The number of hydrogen-bond acceptors (Lipinski definition) is 1. The van der Waals surface area contributed by atoms with Crippen molar-refractivity contribution in [2.24, 2.45) is 0 Å². The highest BCUT2D eigenvalue weighted by Crippen LogP contribution is 2.24. The SMILES string of the molecule is CCC(=O)C(C)n1cc(C)c2ccccc21. The maximum atomic E-state index is 11.7. The van der Waals surface area contributed by atoms with Gasteiger partial charge in [0.1, 0.15) is 0 Å². The summed E-state index contributed by atoms with van der Waals surface area (Å²) in [5, 5.41) is 1.23. The highest BCUT2D eigenvalue weighted by Gasteiger charge is 2.15. The van der Waals surface area contributed by atoms with Crippen LogP contribution in [0.4, 0.5) is 0 Å². The summed E-state index contributed by atoms with van der Waals surface area (Å²) in [6.07, 6.45) is 2.66.